The molecule has 5 aliphatic carbocycles. The van der Waals surface area contributed by atoms with Crippen LogP contribution in [0.4, 0.5) is 17.1 Å². The Kier molecular flexibility index (Phi) is 6.55. The molecule has 0 amide bonds. The minimum absolute atomic E-state index is 0.160. The molecule has 0 aliphatic heterocycles. The fourth-order valence-corrected chi connectivity index (χ4v) is 11.9. The molecule has 1 heterocycles. The molecule has 0 unspecified atom stereocenters. The van der Waals surface area contributed by atoms with E-state index in [1.807, 2.05) is 6.07 Å². The van der Waals surface area contributed by atoms with E-state index in [2.05, 4.69) is 163 Å². The highest BCUT2D eigenvalue weighted by atomic mass is 16.3. The zero-order chi connectivity index (χ0) is 35.4. The Balaban J connectivity index is 0.987. The normalized spacial score (nSPS) is 23.3. The highest BCUT2D eigenvalue weighted by Gasteiger charge is 2.61. The van der Waals surface area contributed by atoms with Crippen molar-refractivity contribution in [1.29, 1.82) is 0 Å². The van der Waals surface area contributed by atoms with Crippen molar-refractivity contribution in [3.63, 3.8) is 0 Å². The standard InChI is InChI=1S/C52H41NO/c1-2-8-35(9-3-1)36-14-16-37(17-15-36)38-18-20-41(21-19-38)53(43-22-24-46-45-11-5-7-13-50(45)54-51(46)32-43)42-23-25-49-47(31-42)44-10-4-6-12-48(44)52(49)39-27-33-26-34(29-39)30-40(52)28-33/h1-25,31-34,39-40H,26-30H2. The molecule has 0 atom stereocenters. The lowest BCUT2D eigenvalue weighted by Crippen LogP contribution is -2.55. The smallest absolute Gasteiger partial charge is 0.137 e. The number of nitrogens with zero attached hydrogens (tertiary/aromatic N) is 1. The van der Waals surface area contributed by atoms with Crippen LogP contribution in [0.15, 0.2) is 168 Å². The zero-order valence-corrected chi connectivity index (χ0v) is 30.3. The predicted octanol–water partition coefficient (Wildman–Crippen LogP) is 14.1. The summed E-state index contributed by atoms with van der Waals surface area (Å²) in [5.41, 5.74) is 16.4. The Hall–Kier alpha value is -5.86. The molecule has 260 valence electrons. The van der Waals surface area contributed by atoms with Crippen molar-refractivity contribution < 1.29 is 4.42 Å². The zero-order valence-electron chi connectivity index (χ0n) is 30.3. The number of hydrogen-bond donors (Lipinski definition) is 0. The average Bonchev–Trinajstić information content (AvgIpc) is 3.74. The van der Waals surface area contributed by atoms with E-state index in [1.54, 1.807) is 11.1 Å². The number of hydrogen-bond acceptors (Lipinski definition) is 2. The minimum atomic E-state index is 0.160. The van der Waals surface area contributed by atoms with Crippen molar-refractivity contribution in [2.24, 2.45) is 23.7 Å². The number of fused-ring (bicyclic) bond motifs is 6. The van der Waals surface area contributed by atoms with Crippen LogP contribution in [0.2, 0.25) is 0 Å². The summed E-state index contributed by atoms with van der Waals surface area (Å²) in [4.78, 5) is 2.43. The first kappa shape index (κ1) is 30.6. The van der Waals surface area contributed by atoms with Gasteiger partial charge in [-0.05, 0) is 143 Å². The molecular weight excluding hydrogens is 655 g/mol. The summed E-state index contributed by atoms with van der Waals surface area (Å²) < 4.78 is 6.46. The highest BCUT2D eigenvalue weighted by Crippen LogP contribution is 2.69. The van der Waals surface area contributed by atoms with Gasteiger partial charge in [0.1, 0.15) is 11.2 Å². The second-order valence-electron chi connectivity index (χ2n) is 16.6. The van der Waals surface area contributed by atoms with Crippen LogP contribution in [0.3, 0.4) is 0 Å². The van der Waals surface area contributed by atoms with E-state index in [9.17, 15) is 0 Å². The number of para-hydroxylation sites is 1. The van der Waals surface area contributed by atoms with Gasteiger partial charge in [-0.1, -0.05) is 115 Å². The molecule has 0 N–H and O–H groups in total. The van der Waals surface area contributed by atoms with Crippen LogP contribution in [0.1, 0.15) is 43.2 Å². The summed E-state index contributed by atoms with van der Waals surface area (Å²) in [6.07, 6.45) is 7.06. The van der Waals surface area contributed by atoms with Gasteiger partial charge in [-0.2, -0.15) is 0 Å². The summed E-state index contributed by atoms with van der Waals surface area (Å²) >= 11 is 0. The molecule has 4 saturated carbocycles. The van der Waals surface area contributed by atoms with Crippen LogP contribution in [0.5, 0.6) is 0 Å². The predicted molar refractivity (Wildman–Crippen MR) is 223 cm³/mol. The monoisotopic (exact) mass is 695 g/mol. The molecule has 4 fully saturated rings. The molecule has 5 aliphatic rings. The fraction of sp³-hybridized carbons (Fsp3) is 0.192. The topological polar surface area (TPSA) is 16.4 Å². The Morgan fingerprint density at radius 1 is 0.407 bits per heavy atom. The SMILES string of the molecule is c1ccc(-c2ccc(-c3ccc(N(c4ccc5c(c4)-c4ccccc4C54C5CC6CC(C5)CC4C6)c4ccc5c(c4)oc4ccccc45)cc3)cc2)cc1. The lowest BCUT2D eigenvalue weighted by Gasteiger charge is -2.61. The maximum absolute atomic E-state index is 6.46. The Bertz CT molecular complexity index is 2690. The maximum atomic E-state index is 6.46. The molecule has 1 aromatic heterocycles. The maximum Gasteiger partial charge on any atom is 0.137 e. The number of anilines is 3. The van der Waals surface area contributed by atoms with Crippen LogP contribution in [-0.2, 0) is 5.41 Å². The number of rotatable bonds is 5. The Morgan fingerprint density at radius 2 is 0.944 bits per heavy atom. The van der Waals surface area contributed by atoms with Gasteiger partial charge in [0.2, 0.25) is 0 Å². The van der Waals surface area contributed by atoms with Gasteiger partial charge in [0.25, 0.3) is 0 Å². The van der Waals surface area contributed by atoms with Gasteiger partial charge in [0.05, 0.1) is 0 Å². The first-order chi connectivity index (χ1) is 26.7. The highest BCUT2D eigenvalue weighted by molar-refractivity contribution is 6.06. The van der Waals surface area contributed by atoms with Crippen molar-refractivity contribution in [3.05, 3.63) is 175 Å². The molecule has 1 spiro atoms. The van der Waals surface area contributed by atoms with Gasteiger partial charge in [-0.3, -0.25) is 0 Å². The molecule has 2 nitrogen and oxygen atoms in total. The van der Waals surface area contributed by atoms with E-state index in [4.69, 9.17) is 4.42 Å². The van der Waals surface area contributed by atoms with Crippen LogP contribution in [0.25, 0.3) is 55.3 Å². The first-order valence-electron chi connectivity index (χ1n) is 19.9. The van der Waals surface area contributed by atoms with E-state index >= 15 is 0 Å². The summed E-state index contributed by atoms with van der Waals surface area (Å²) in [7, 11) is 0. The van der Waals surface area contributed by atoms with Gasteiger partial charge in [0, 0.05) is 39.3 Å². The van der Waals surface area contributed by atoms with Crippen LogP contribution in [0, 0.1) is 23.7 Å². The minimum Gasteiger partial charge on any atom is -0.456 e. The molecule has 13 rings (SSSR count). The van der Waals surface area contributed by atoms with Gasteiger partial charge in [0.15, 0.2) is 0 Å². The summed E-state index contributed by atoms with van der Waals surface area (Å²) in [5, 5.41) is 2.30. The van der Waals surface area contributed by atoms with Gasteiger partial charge in [-0.25, -0.2) is 0 Å². The molecule has 0 radical (unpaired) electrons. The third-order valence-electron chi connectivity index (χ3n) is 13.9. The quantitative estimate of drug-likeness (QED) is 0.178. The van der Waals surface area contributed by atoms with Crippen molar-refractivity contribution in [3.8, 4) is 33.4 Å². The molecule has 54 heavy (non-hydrogen) atoms. The van der Waals surface area contributed by atoms with E-state index in [1.165, 1.54) is 71.2 Å². The van der Waals surface area contributed by atoms with Crippen molar-refractivity contribution >= 4 is 39.0 Å². The van der Waals surface area contributed by atoms with E-state index in [0.29, 0.717) is 0 Å². The molecular formula is C52H41NO. The van der Waals surface area contributed by atoms with E-state index in [-0.39, 0.29) is 5.41 Å². The summed E-state index contributed by atoms with van der Waals surface area (Å²) in [6, 6.07) is 60.6. The molecule has 4 bridgehead atoms. The first-order valence-corrected chi connectivity index (χ1v) is 19.9. The second-order valence-corrected chi connectivity index (χ2v) is 16.6. The lowest BCUT2D eigenvalue weighted by molar-refractivity contribution is -0.0399. The van der Waals surface area contributed by atoms with Crippen molar-refractivity contribution in [2.45, 2.75) is 37.5 Å². The number of furan rings is 1. The third-order valence-corrected chi connectivity index (χ3v) is 13.9. The second kappa shape index (κ2) is 11.6. The van der Waals surface area contributed by atoms with Crippen LogP contribution >= 0.6 is 0 Å². The lowest BCUT2D eigenvalue weighted by atomic mass is 9.43. The summed E-state index contributed by atoms with van der Waals surface area (Å²) in [5.74, 6) is 3.37. The van der Waals surface area contributed by atoms with Gasteiger partial charge >= 0.3 is 0 Å². The fourth-order valence-electron chi connectivity index (χ4n) is 11.9. The largest absolute Gasteiger partial charge is 0.456 e. The van der Waals surface area contributed by atoms with Gasteiger partial charge in [-0.15, -0.1) is 0 Å². The van der Waals surface area contributed by atoms with Crippen LogP contribution in [-0.4, -0.2) is 0 Å². The third kappa shape index (κ3) is 4.40. The van der Waals surface area contributed by atoms with E-state index in [0.717, 1.165) is 57.0 Å². The average molecular weight is 696 g/mol. The van der Waals surface area contributed by atoms with Crippen molar-refractivity contribution in [1.82, 2.24) is 0 Å². The molecule has 2 heteroatoms. The number of benzene rings is 7. The Morgan fingerprint density at radius 3 is 1.69 bits per heavy atom. The van der Waals surface area contributed by atoms with Crippen LogP contribution < -0.4 is 4.90 Å². The molecule has 8 aromatic rings. The van der Waals surface area contributed by atoms with E-state index < -0.39 is 0 Å². The van der Waals surface area contributed by atoms with Gasteiger partial charge < -0.3 is 9.32 Å². The molecule has 7 aromatic carbocycles. The summed E-state index contributed by atoms with van der Waals surface area (Å²) in [6.45, 7) is 0. The van der Waals surface area contributed by atoms with Crippen molar-refractivity contribution in [2.75, 3.05) is 4.90 Å². The molecule has 0 saturated heterocycles. The Labute approximate surface area is 316 Å².